The summed E-state index contributed by atoms with van der Waals surface area (Å²) >= 11 is 0. The molecule has 3 aromatic rings. The van der Waals surface area contributed by atoms with Crippen LogP contribution in [0.2, 0.25) is 0 Å². The lowest BCUT2D eigenvalue weighted by molar-refractivity contribution is -0.117. The van der Waals surface area contributed by atoms with Crippen LogP contribution in [0.25, 0.3) is 11.7 Å². The Labute approximate surface area is 187 Å². The molecule has 11 heteroatoms. The number of amides is 1. The fourth-order valence-electron chi connectivity index (χ4n) is 3.36. The lowest BCUT2D eigenvalue weighted by atomic mass is 10.1. The SMILES string of the molecule is N#C/C(=C\c1c(Oc2ccc(F)cc2)nc2ccccn2c1=O)C(=O)NC1CCS(=O)(=O)C1. The maximum atomic E-state index is 13.2. The van der Waals surface area contributed by atoms with E-state index in [-0.39, 0.29) is 40.8 Å². The summed E-state index contributed by atoms with van der Waals surface area (Å²) in [5.74, 6) is -1.54. The molecule has 0 spiro atoms. The largest absolute Gasteiger partial charge is 0.438 e. The molecule has 168 valence electrons. The molecule has 1 aliphatic heterocycles. The molecule has 33 heavy (non-hydrogen) atoms. The molecule has 9 nitrogen and oxygen atoms in total. The minimum Gasteiger partial charge on any atom is -0.438 e. The van der Waals surface area contributed by atoms with Crippen LogP contribution in [0.4, 0.5) is 4.39 Å². The Morgan fingerprint density at radius 2 is 2.03 bits per heavy atom. The number of hydrogen-bond acceptors (Lipinski definition) is 7. The van der Waals surface area contributed by atoms with E-state index in [1.165, 1.54) is 34.9 Å². The van der Waals surface area contributed by atoms with Gasteiger partial charge in [0.1, 0.15) is 34.4 Å². The van der Waals surface area contributed by atoms with E-state index >= 15 is 0 Å². The lowest BCUT2D eigenvalue weighted by Crippen LogP contribution is -2.36. The fraction of sp³-hybridized carbons (Fsp3) is 0.182. The predicted molar refractivity (Wildman–Crippen MR) is 117 cm³/mol. The molecule has 1 unspecified atom stereocenters. The zero-order valence-electron chi connectivity index (χ0n) is 17.1. The molecule has 1 amide bonds. The first-order chi connectivity index (χ1) is 15.8. The molecule has 0 bridgehead atoms. The summed E-state index contributed by atoms with van der Waals surface area (Å²) in [6.07, 6.45) is 2.76. The Morgan fingerprint density at radius 1 is 1.27 bits per heavy atom. The van der Waals surface area contributed by atoms with Gasteiger partial charge in [-0.25, -0.2) is 12.8 Å². The Balaban J connectivity index is 1.75. The Hall–Kier alpha value is -4.04. The first-order valence-electron chi connectivity index (χ1n) is 9.83. The highest BCUT2D eigenvalue weighted by atomic mass is 32.2. The van der Waals surface area contributed by atoms with Gasteiger partial charge in [0, 0.05) is 12.2 Å². The molecular formula is C22H17FN4O5S. The fourth-order valence-corrected chi connectivity index (χ4v) is 5.04. The van der Waals surface area contributed by atoms with Gasteiger partial charge >= 0.3 is 0 Å². The minimum absolute atomic E-state index is 0.0465. The average molecular weight is 468 g/mol. The van der Waals surface area contributed by atoms with Crippen molar-refractivity contribution in [1.29, 1.82) is 5.26 Å². The average Bonchev–Trinajstić information content (AvgIpc) is 3.13. The van der Waals surface area contributed by atoms with Crippen molar-refractivity contribution in [1.82, 2.24) is 14.7 Å². The number of nitrogens with one attached hydrogen (secondary N) is 1. The number of fused-ring (bicyclic) bond motifs is 1. The molecule has 1 saturated heterocycles. The molecular weight excluding hydrogens is 451 g/mol. The molecule has 4 rings (SSSR count). The van der Waals surface area contributed by atoms with E-state index in [2.05, 4.69) is 10.3 Å². The second-order valence-electron chi connectivity index (χ2n) is 7.36. The molecule has 3 heterocycles. The van der Waals surface area contributed by atoms with Gasteiger partial charge in [-0.3, -0.25) is 14.0 Å². The minimum atomic E-state index is -3.23. The van der Waals surface area contributed by atoms with E-state index in [0.717, 1.165) is 6.08 Å². The standard InChI is InChI=1S/C22H17FN4O5S/c23-15-4-6-17(7-5-15)32-21-18(22(29)27-9-2-1-3-19(27)26-21)11-14(12-24)20(28)25-16-8-10-33(30,31)13-16/h1-7,9,11,16H,8,10,13H2,(H,25,28)/b14-11+. The van der Waals surface area contributed by atoms with Gasteiger partial charge in [0.2, 0.25) is 5.88 Å². The zero-order chi connectivity index (χ0) is 23.6. The number of nitriles is 1. The zero-order valence-corrected chi connectivity index (χ0v) is 17.9. The van der Waals surface area contributed by atoms with Crippen LogP contribution in [0.5, 0.6) is 11.6 Å². The smallest absolute Gasteiger partial charge is 0.269 e. The number of ether oxygens (including phenoxy) is 1. The van der Waals surface area contributed by atoms with E-state index in [1.54, 1.807) is 24.3 Å². The van der Waals surface area contributed by atoms with E-state index in [1.807, 2.05) is 0 Å². The molecule has 1 N–H and O–H groups in total. The summed E-state index contributed by atoms with van der Waals surface area (Å²) in [6.45, 7) is 0. The van der Waals surface area contributed by atoms with Gasteiger partial charge in [-0.2, -0.15) is 10.2 Å². The van der Waals surface area contributed by atoms with E-state index in [0.29, 0.717) is 0 Å². The van der Waals surface area contributed by atoms with Crippen molar-refractivity contribution >= 4 is 27.5 Å². The van der Waals surface area contributed by atoms with Crippen LogP contribution in [-0.4, -0.2) is 41.3 Å². The summed E-state index contributed by atoms with van der Waals surface area (Å²) in [4.78, 5) is 30.0. The number of sulfone groups is 1. The van der Waals surface area contributed by atoms with E-state index < -0.39 is 38.7 Å². The maximum Gasteiger partial charge on any atom is 0.269 e. The van der Waals surface area contributed by atoms with Crippen LogP contribution < -0.4 is 15.6 Å². The molecule has 1 atom stereocenters. The highest BCUT2D eigenvalue weighted by molar-refractivity contribution is 7.91. The summed E-state index contributed by atoms with van der Waals surface area (Å²) in [7, 11) is -3.23. The normalized spacial score (nSPS) is 17.5. The first kappa shape index (κ1) is 22.2. The Kier molecular flexibility index (Phi) is 5.93. The van der Waals surface area contributed by atoms with Gasteiger partial charge in [0.05, 0.1) is 11.5 Å². The monoisotopic (exact) mass is 468 g/mol. The highest BCUT2D eigenvalue weighted by Gasteiger charge is 2.29. The van der Waals surface area contributed by atoms with Crippen LogP contribution in [0.3, 0.4) is 0 Å². The van der Waals surface area contributed by atoms with Crippen molar-refractivity contribution in [2.24, 2.45) is 0 Å². The number of hydrogen-bond donors (Lipinski definition) is 1. The summed E-state index contributed by atoms with van der Waals surface area (Å²) in [6, 6.07) is 11.0. The second kappa shape index (κ2) is 8.84. The van der Waals surface area contributed by atoms with Crippen molar-refractivity contribution in [2.45, 2.75) is 12.5 Å². The maximum absolute atomic E-state index is 13.2. The third-order valence-corrected chi connectivity index (χ3v) is 6.75. The number of carbonyl (C=O) groups excluding carboxylic acids is 1. The molecule has 2 aromatic heterocycles. The number of nitrogens with zero attached hydrogens (tertiary/aromatic N) is 3. The molecule has 0 aliphatic carbocycles. The van der Waals surface area contributed by atoms with Crippen molar-refractivity contribution in [3.05, 3.63) is 76.0 Å². The lowest BCUT2D eigenvalue weighted by Gasteiger charge is -2.12. The first-order valence-corrected chi connectivity index (χ1v) is 11.7. The van der Waals surface area contributed by atoms with Gasteiger partial charge < -0.3 is 10.1 Å². The summed E-state index contributed by atoms with van der Waals surface area (Å²) in [5.41, 5.74) is -0.926. The van der Waals surface area contributed by atoms with Crippen molar-refractivity contribution in [3.8, 4) is 17.7 Å². The van der Waals surface area contributed by atoms with Gasteiger partial charge in [-0.15, -0.1) is 0 Å². The number of carbonyl (C=O) groups is 1. The van der Waals surface area contributed by atoms with Gasteiger partial charge in [0.15, 0.2) is 9.84 Å². The van der Waals surface area contributed by atoms with E-state index in [4.69, 9.17) is 4.74 Å². The highest BCUT2D eigenvalue weighted by Crippen LogP contribution is 2.24. The van der Waals surface area contributed by atoms with Crippen LogP contribution in [-0.2, 0) is 14.6 Å². The van der Waals surface area contributed by atoms with Crippen molar-refractivity contribution in [2.75, 3.05) is 11.5 Å². The summed E-state index contributed by atoms with van der Waals surface area (Å²) < 4.78 is 43.4. The predicted octanol–water partition coefficient (Wildman–Crippen LogP) is 1.84. The van der Waals surface area contributed by atoms with E-state index in [9.17, 15) is 27.7 Å². The van der Waals surface area contributed by atoms with Crippen LogP contribution in [0.15, 0.2) is 59.0 Å². The number of aromatic nitrogens is 2. The van der Waals surface area contributed by atoms with Crippen LogP contribution >= 0.6 is 0 Å². The van der Waals surface area contributed by atoms with Gasteiger partial charge in [-0.05, 0) is 48.9 Å². The van der Waals surface area contributed by atoms with Gasteiger partial charge in [0.25, 0.3) is 11.5 Å². The van der Waals surface area contributed by atoms with Crippen molar-refractivity contribution < 1.29 is 22.3 Å². The third kappa shape index (κ3) is 4.91. The topological polar surface area (TPSA) is 131 Å². The number of rotatable bonds is 5. The number of benzene rings is 1. The quantitative estimate of drug-likeness (QED) is 0.447. The molecule has 1 aromatic carbocycles. The molecule has 1 aliphatic rings. The van der Waals surface area contributed by atoms with Crippen LogP contribution in [0, 0.1) is 17.1 Å². The molecule has 0 saturated carbocycles. The van der Waals surface area contributed by atoms with Gasteiger partial charge in [-0.1, -0.05) is 6.07 Å². The number of pyridine rings is 1. The molecule has 0 radical (unpaired) electrons. The third-order valence-electron chi connectivity index (χ3n) is 4.98. The van der Waals surface area contributed by atoms with Crippen molar-refractivity contribution in [3.63, 3.8) is 0 Å². The summed E-state index contributed by atoms with van der Waals surface area (Å²) in [5, 5.41) is 12.1. The molecule has 1 fully saturated rings. The number of halogens is 1. The Bertz CT molecular complexity index is 1470. The van der Waals surface area contributed by atoms with Crippen LogP contribution in [0.1, 0.15) is 12.0 Å². The second-order valence-corrected chi connectivity index (χ2v) is 9.59. The Morgan fingerprint density at radius 3 is 2.70 bits per heavy atom.